The number of hydrogen-bond donors (Lipinski definition) is 1. The molecule has 0 aromatic rings. The number of hydrogen-bond acceptors (Lipinski definition) is 5. The zero-order valence-corrected chi connectivity index (χ0v) is 20.8. The van der Waals surface area contributed by atoms with E-state index in [1.165, 1.54) is 0 Å². The smallest absolute Gasteiger partial charge is 0.305 e. The summed E-state index contributed by atoms with van der Waals surface area (Å²) in [6.45, 7) is 10.1. The first-order valence-electron chi connectivity index (χ1n) is 10.4. The summed E-state index contributed by atoms with van der Waals surface area (Å²) in [6, 6.07) is 0. The van der Waals surface area contributed by atoms with Crippen molar-refractivity contribution in [1.29, 1.82) is 0 Å². The predicted molar refractivity (Wildman–Crippen MR) is 123 cm³/mol. The van der Waals surface area contributed by atoms with Gasteiger partial charge in [-0.15, -0.1) is 0 Å². The van der Waals surface area contributed by atoms with E-state index in [1.807, 2.05) is 17.9 Å². The van der Waals surface area contributed by atoms with Gasteiger partial charge in [-0.05, 0) is 35.7 Å². The second kappa shape index (κ2) is 15.6. The molecule has 1 N–H and O–H groups in total. The molecular weight excluding hydrogens is 471 g/mol. The number of esters is 1. The first-order valence-corrected chi connectivity index (χ1v) is 11.7. The van der Waals surface area contributed by atoms with Crippen molar-refractivity contribution in [1.82, 2.24) is 0 Å². The van der Waals surface area contributed by atoms with Crippen LogP contribution < -0.4 is 0 Å². The second-order valence-corrected chi connectivity index (χ2v) is 8.46. The van der Waals surface area contributed by atoms with Crippen LogP contribution in [0.5, 0.6) is 0 Å². The Labute approximate surface area is 185 Å². The standard InChI is InChI=1S/C22H41IO5/c1-8-18(24)14-20(26-6)15(3)10-11-19(28-21(25)9-2)17(5)22(27-7)16(4)12-13-23/h12-13,15-20,22,24H,8-11,14H2,1-7H3/b13-12+. The maximum absolute atomic E-state index is 12.0. The summed E-state index contributed by atoms with van der Waals surface area (Å²) in [4.78, 5) is 12.0. The van der Waals surface area contributed by atoms with Crippen LogP contribution in [0.3, 0.4) is 0 Å². The third kappa shape index (κ3) is 10.0. The molecule has 0 rings (SSSR count). The molecule has 6 heteroatoms. The van der Waals surface area contributed by atoms with Crippen LogP contribution in [0.1, 0.15) is 66.7 Å². The van der Waals surface area contributed by atoms with Gasteiger partial charge in [0.15, 0.2) is 0 Å². The Balaban J connectivity index is 5.16. The van der Waals surface area contributed by atoms with E-state index < -0.39 is 0 Å². The lowest BCUT2D eigenvalue weighted by Gasteiger charge is -2.33. The highest BCUT2D eigenvalue weighted by Crippen LogP contribution is 2.28. The van der Waals surface area contributed by atoms with Crippen molar-refractivity contribution in [2.75, 3.05) is 14.2 Å². The lowest BCUT2D eigenvalue weighted by atomic mass is 9.84. The van der Waals surface area contributed by atoms with Crippen LogP contribution in [0, 0.1) is 17.8 Å². The molecule has 0 spiro atoms. The van der Waals surface area contributed by atoms with E-state index in [0.29, 0.717) is 12.8 Å². The van der Waals surface area contributed by atoms with Gasteiger partial charge in [0, 0.05) is 32.5 Å². The van der Waals surface area contributed by atoms with Gasteiger partial charge in [-0.1, -0.05) is 63.3 Å². The third-order valence-corrected chi connectivity index (χ3v) is 6.08. The largest absolute Gasteiger partial charge is 0.462 e. The minimum Gasteiger partial charge on any atom is -0.462 e. The highest BCUT2D eigenvalue weighted by molar-refractivity contribution is 14.1. The fourth-order valence-corrected chi connectivity index (χ4v) is 4.29. The number of aliphatic hydroxyl groups excluding tert-OH is 1. The van der Waals surface area contributed by atoms with E-state index in [-0.39, 0.29) is 48.1 Å². The van der Waals surface area contributed by atoms with Gasteiger partial charge in [-0.2, -0.15) is 0 Å². The quantitative estimate of drug-likeness (QED) is 0.243. The van der Waals surface area contributed by atoms with E-state index in [1.54, 1.807) is 14.2 Å². The van der Waals surface area contributed by atoms with E-state index in [2.05, 4.69) is 49.4 Å². The lowest BCUT2D eigenvalue weighted by molar-refractivity contribution is -0.155. The number of methoxy groups -OCH3 is 2. The van der Waals surface area contributed by atoms with Gasteiger partial charge in [0.1, 0.15) is 6.10 Å². The second-order valence-electron chi connectivity index (χ2n) is 7.75. The maximum atomic E-state index is 12.0. The number of carbonyl (C=O) groups is 1. The van der Waals surface area contributed by atoms with E-state index in [4.69, 9.17) is 14.2 Å². The van der Waals surface area contributed by atoms with Crippen LogP contribution in [0.15, 0.2) is 10.2 Å². The van der Waals surface area contributed by atoms with Gasteiger partial charge in [0.05, 0.1) is 18.3 Å². The number of rotatable bonds is 15. The minimum atomic E-state index is -0.348. The molecule has 28 heavy (non-hydrogen) atoms. The number of ether oxygens (including phenoxy) is 3. The van der Waals surface area contributed by atoms with Crippen molar-refractivity contribution in [2.45, 2.75) is 91.1 Å². The Hall–Kier alpha value is -0.180. The van der Waals surface area contributed by atoms with Crippen molar-refractivity contribution in [3.8, 4) is 0 Å². The van der Waals surface area contributed by atoms with E-state index >= 15 is 0 Å². The molecule has 166 valence electrons. The molecular formula is C22H41IO5. The third-order valence-electron chi connectivity index (χ3n) is 5.66. The molecule has 7 atom stereocenters. The van der Waals surface area contributed by atoms with E-state index in [9.17, 15) is 9.90 Å². The van der Waals surface area contributed by atoms with Gasteiger partial charge in [0.25, 0.3) is 0 Å². The molecule has 0 aromatic heterocycles. The molecule has 0 saturated carbocycles. The molecule has 0 aliphatic carbocycles. The average molecular weight is 512 g/mol. The zero-order valence-electron chi connectivity index (χ0n) is 18.7. The van der Waals surface area contributed by atoms with Gasteiger partial charge in [0.2, 0.25) is 0 Å². The van der Waals surface area contributed by atoms with Crippen molar-refractivity contribution in [3.05, 3.63) is 10.2 Å². The fourth-order valence-electron chi connectivity index (χ4n) is 3.63. The van der Waals surface area contributed by atoms with Crippen LogP contribution in [0.4, 0.5) is 0 Å². The van der Waals surface area contributed by atoms with Gasteiger partial charge < -0.3 is 19.3 Å². The van der Waals surface area contributed by atoms with Crippen LogP contribution >= 0.6 is 22.6 Å². The van der Waals surface area contributed by atoms with E-state index in [0.717, 1.165) is 19.3 Å². The molecule has 0 amide bonds. The highest BCUT2D eigenvalue weighted by Gasteiger charge is 2.32. The Bertz CT molecular complexity index is 443. The average Bonchev–Trinajstić information content (AvgIpc) is 2.68. The Morgan fingerprint density at radius 1 is 1.07 bits per heavy atom. The molecule has 0 radical (unpaired) electrons. The van der Waals surface area contributed by atoms with Crippen LogP contribution in [0.2, 0.25) is 0 Å². The van der Waals surface area contributed by atoms with Gasteiger partial charge in [-0.25, -0.2) is 0 Å². The summed E-state index contributed by atoms with van der Waals surface area (Å²) < 4.78 is 19.2. The predicted octanol–water partition coefficient (Wildman–Crippen LogP) is 5.14. The Morgan fingerprint density at radius 2 is 1.71 bits per heavy atom. The van der Waals surface area contributed by atoms with Crippen molar-refractivity contribution >= 4 is 28.6 Å². The topological polar surface area (TPSA) is 65.0 Å². The Morgan fingerprint density at radius 3 is 2.18 bits per heavy atom. The SMILES string of the molecule is CCC(=O)OC(CCC(C)C(CC(O)CC)OC)C(C)C(OC)C(C)/C=C/I. The molecule has 7 unspecified atom stereocenters. The summed E-state index contributed by atoms with van der Waals surface area (Å²) >= 11 is 2.21. The summed E-state index contributed by atoms with van der Waals surface area (Å²) in [6.07, 6.45) is 4.83. The van der Waals surface area contributed by atoms with Crippen LogP contribution in [-0.4, -0.2) is 49.7 Å². The molecule has 0 saturated heterocycles. The van der Waals surface area contributed by atoms with Crippen molar-refractivity contribution in [3.63, 3.8) is 0 Å². The first kappa shape index (κ1) is 27.8. The number of carbonyl (C=O) groups excluding carboxylic acids is 1. The Kier molecular flexibility index (Phi) is 15.5. The van der Waals surface area contributed by atoms with Crippen molar-refractivity contribution in [2.24, 2.45) is 17.8 Å². The van der Waals surface area contributed by atoms with Gasteiger partial charge >= 0.3 is 5.97 Å². The highest BCUT2D eigenvalue weighted by atomic mass is 127. The van der Waals surface area contributed by atoms with Crippen LogP contribution in [0.25, 0.3) is 0 Å². The summed E-state index contributed by atoms with van der Waals surface area (Å²) in [7, 11) is 3.41. The van der Waals surface area contributed by atoms with Crippen molar-refractivity contribution < 1.29 is 24.1 Å². The normalized spacial score (nSPS) is 19.6. The maximum Gasteiger partial charge on any atom is 0.305 e. The minimum absolute atomic E-state index is 0.00752. The number of halogens is 1. The monoisotopic (exact) mass is 512 g/mol. The molecule has 5 nitrogen and oxygen atoms in total. The number of aliphatic hydroxyl groups is 1. The lowest BCUT2D eigenvalue weighted by Crippen LogP contribution is -2.38. The van der Waals surface area contributed by atoms with Crippen LogP contribution in [-0.2, 0) is 19.0 Å². The van der Waals surface area contributed by atoms with Gasteiger partial charge in [-0.3, -0.25) is 4.79 Å². The fraction of sp³-hybridized carbons (Fsp3) is 0.864. The summed E-state index contributed by atoms with van der Waals surface area (Å²) in [5, 5.41) is 9.97. The first-order chi connectivity index (χ1) is 13.2. The summed E-state index contributed by atoms with van der Waals surface area (Å²) in [5.74, 6) is 0.371. The molecule has 0 bridgehead atoms. The molecule has 0 aromatic carbocycles. The molecule has 0 aliphatic heterocycles. The molecule has 0 heterocycles. The summed E-state index contributed by atoms with van der Waals surface area (Å²) in [5.41, 5.74) is 0. The molecule has 0 fully saturated rings. The zero-order chi connectivity index (χ0) is 21.7. The molecule has 0 aliphatic rings.